The van der Waals surface area contributed by atoms with Crippen LogP contribution in [-0.4, -0.2) is 34.9 Å². The maximum absolute atomic E-state index is 12.4. The number of rotatable bonds is 4. The van der Waals surface area contributed by atoms with Crippen LogP contribution in [0.15, 0.2) is 36.7 Å². The molecule has 1 aromatic carbocycles. The first kappa shape index (κ1) is 15.3. The first-order valence-corrected chi connectivity index (χ1v) is 6.93. The number of amides is 1. The van der Waals surface area contributed by atoms with Gasteiger partial charge in [0, 0.05) is 19.1 Å². The van der Waals surface area contributed by atoms with Gasteiger partial charge in [0.2, 0.25) is 0 Å². The van der Waals surface area contributed by atoms with Crippen LogP contribution in [0.1, 0.15) is 29.0 Å². The third kappa shape index (κ3) is 3.49. The van der Waals surface area contributed by atoms with E-state index in [0.29, 0.717) is 16.5 Å². The van der Waals surface area contributed by atoms with E-state index in [1.165, 1.54) is 12.4 Å². The van der Waals surface area contributed by atoms with Crippen molar-refractivity contribution in [3.8, 4) is 0 Å². The molecule has 1 amide bonds. The highest BCUT2D eigenvalue weighted by atomic mass is 35.5. The van der Waals surface area contributed by atoms with Gasteiger partial charge >= 0.3 is 0 Å². The molecule has 1 N–H and O–H groups in total. The van der Waals surface area contributed by atoms with Crippen molar-refractivity contribution < 1.29 is 4.79 Å². The minimum absolute atomic E-state index is 0.0828. The van der Waals surface area contributed by atoms with Crippen molar-refractivity contribution in [1.82, 2.24) is 14.9 Å². The van der Waals surface area contributed by atoms with E-state index in [1.807, 2.05) is 31.2 Å². The first-order valence-electron chi connectivity index (χ1n) is 6.55. The van der Waals surface area contributed by atoms with Crippen LogP contribution in [0.2, 0.25) is 5.02 Å². The second-order valence-electron chi connectivity index (χ2n) is 4.68. The molecule has 1 aromatic heterocycles. The molecule has 0 aliphatic rings. The van der Waals surface area contributed by atoms with Gasteiger partial charge in [0.15, 0.2) is 0 Å². The number of anilines is 1. The van der Waals surface area contributed by atoms with E-state index in [-0.39, 0.29) is 11.9 Å². The summed E-state index contributed by atoms with van der Waals surface area (Å²) >= 11 is 5.88. The van der Waals surface area contributed by atoms with E-state index >= 15 is 0 Å². The summed E-state index contributed by atoms with van der Waals surface area (Å²) in [4.78, 5) is 22.3. The Morgan fingerprint density at radius 3 is 2.43 bits per heavy atom. The Kier molecular flexibility index (Phi) is 4.75. The summed E-state index contributed by atoms with van der Waals surface area (Å²) in [6.07, 6.45) is 3.01. The topological polar surface area (TPSA) is 58.1 Å². The van der Waals surface area contributed by atoms with Crippen LogP contribution >= 0.6 is 11.6 Å². The van der Waals surface area contributed by atoms with Crippen molar-refractivity contribution in [2.75, 3.05) is 19.4 Å². The predicted octanol–water partition coefficient (Wildman–Crippen LogP) is 3.00. The van der Waals surface area contributed by atoms with Gasteiger partial charge in [-0.05, 0) is 24.6 Å². The minimum Gasteiger partial charge on any atom is -0.372 e. The number of halogens is 1. The Bertz CT molecular complexity index is 613. The summed E-state index contributed by atoms with van der Waals surface area (Å²) in [6.45, 7) is 1.95. The molecule has 0 aliphatic heterocycles. The Morgan fingerprint density at radius 2 is 1.90 bits per heavy atom. The molecule has 2 rings (SSSR count). The number of aromatic nitrogens is 2. The average molecular weight is 305 g/mol. The third-order valence-electron chi connectivity index (χ3n) is 3.38. The molecule has 0 fully saturated rings. The summed E-state index contributed by atoms with van der Waals surface area (Å²) in [5, 5.41) is 3.54. The number of hydrogen-bond acceptors (Lipinski definition) is 4. The van der Waals surface area contributed by atoms with Crippen LogP contribution in [0.5, 0.6) is 0 Å². The van der Waals surface area contributed by atoms with Gasteiger partial charge in [-0.25, -0.2) is 9.97 Å². The van der Waals surface area contributed by atoms with Crippen molar-refractivity contribution in [2.24, 2.45) is 0 Å². The van der Waals surface area contributed by atoms with Gasteiger partial charge in [-0.1, -0.05) is 23.7 Å². The van der Waals surface area contributed by atoms with Crippen LogP contribution in [0, 0.1) is 0 Å². The Hall–Kier alpha value is -2.14. The van der Waals surface area contributed by atoms with E-state index in [1.54, 1.807) is 19.0 Å². The second-order valence-corrected chi connectivity index (χ2v) is 5.12. The number of hydrogen-bond donors (Lipinski definition) is 1. The van der Waals surface area contributed by atoms with Crippen molar-refractivity contribution in [3.63, 3.8) is 0 Å². The zero-order valence-corrected chi connectivity index (χ0v) is 12.9. The highest BCUT2D eigenvalue weighted by Gasteiger charge is 2.20. The molecule has 0 spiro atoms. The van der Waals surface area contributed by atoms with E-state index in [4.69, 9.17) is 11.6 Å². The third-order valence-corrected chi connectivity index (χ3v) is 3.63. The number of carbonyl (C=O) groups excluding carboxylic acids is 1. The molecular weight excluding hydrogens is 288 g/mol. The van der Waals surface area contributed by atoms with Crippen molar-refractivity contribution in [2.45, 2.75) is 13.0 Å². The molecule has 0 saturated heterocycles. The lowest BCUT2D eigenvalue weighted by molar-refractivity contribution is 0.0736. The number of benzene rings is 1. The number of carbonyl (C=O) groups is 1. The lowest BCUT2D eigenvalue weighted by Gasteiger charge is -2.25. The first-order chi connectivity index (χ1) is 10.0. The summed E-state index contributed by atoms with van der Waals surface area (Å²) < 4.78 is 0. The summed E-state index contributed by atoms with van der Waals surface area (Å²) in [7, 11) is 3.50. The smallest absolute Gasteiger partial charge is 0.274 e. The van der Waals surface area contributed by atoms with Gasteiger partial charge in [-0.15, -0.1) is 0 Å². The quantitative estimate of drug-likeness (QED) is 0.943. The van der Waals surface area contributed by atoms with Gasteiger partial charge in [-0.2, -0.15) is 0 Å². The van der Waals surface area contributed by atoms with E-state index in [9.17, 15) is 4.79 Å². The van der Waals surface area contributed by atoms with Crippen LogP contribution in [0.25, 0.3) is 0 Å². The molecule has 6 heteroatoms. The van der Waals surface area contributed by atoms with Gasteiger partial charge in [0.25, 0.3) is 5.91 Å². The van der Waals surface area contributed by atoms with Crippen molar-refractivity contribution >= 4 is 23.3 Å². The van der Waals surface area contributed by atoms with Crippen LogP contribution in [0.4, 0.5) is 5.82 Å². The summed E-state index contributed by atoms with van der Waals surface area (Å²) in [6, 6.07) is 7.36. The highest BCUT2D eigenvalue weighted by Crippen LogP contribution is 2.22. The number of nitrogens with one attached hydrogen (secondary N) is 1. The van der Waals surface area contributed by atoms with Crippen LogP contribution in [0.3, 0.4) is 0 Å². The van der Waals surface area contributed by atoms with Crippen LogP contribution in [-0.2, 0) is 0 Å². The number of nitrogens with zero attached hydrogens (tertiary/aromatic N) is 3. The monoisotopic (exact) mass is 304 g/mol. The normalized spacial score (nSPS) is 11.8. The molecule has 1 atom stereocenters. The zero-order chi connectivity index (χ0) is 15.4. The molecule has 0 radical (unpaired) electrons. The van der Waals surface area contributed by atoms with Gasteiger partial charge in [0.1, 0.15) is 11.5 Å². The maximum atomic E-state index is 12.4. The fourth-order valence-corrected chi connectivity index (χ4v) is 2.02. The fourth-order valence-electron chi connectivity index (χ4n) is 1.89. The van der Waals surface area contributed by atoms with Gasteiger partial charge in [-0.3, -0.25) is 4.79 Å². The molecular formula is C15H17ClN4O. The van der Waals surface area contributed by atoms with Gasteiger partial charge in [0.05, 0.1) is 18.4 Å². The molecule has 110 valence electrons. The molecule has 21 heavy (non-hydrogen) atoms. The minimum atomic E-state index is -0.174. The Morgan fingerprint density at radius 1 is 1.24 bits per heavy atom. The molecule has 1 unspecified atom stereocenters. The molecule has 0 aliphatic carbocycles. The molecule has 0 bridgehead atoms. The average Bonchev–Trinajstić information content (AvgIpc) is 2.53. The maximum Gasteiger partial charge on any atom is 0.274 e. The summed E-state index contributed by atoms with van der Waals surface area (Å²) in [5.41, 5.74) is 1.33. The Labute approximate surface area is 129 Å². The Balaban J connectivity index is 2.15. The largest absolute Gasteiger partial charge is 0.372 e. The van der Waals surface area contributed by atoms with E-state index in [0.717, 1.165) is 5.56 Å². The highest BCUT2D eigenvalue weighted by molar-refractivity contribution is 6.30. The van der Waals surface area contributed by atoms with Crippen LogP contribution < -0.4 is 5.32 Å². The SMILES string of the molecule is CNc1cnc(C(=O)N(C)C(C)c2ccc(Cl)cc2)cn1. The fraction of sp³-hybridized carbons (Fsp3) is 0.267. The molecule has 5 nitrogen and oxygen atoms in total. The predicted molar refractivity (Wildman–Crippen MR) is 83.5 cm³/mol. The molecule has 1 heterocycles. The van der Waals surface area contributed by atoms with E-state index in [2.05, 4.69) is 15.3 Å². The standard InChI is InChI=1S/C15H17ClN4O/c1-10(11-4-6-12(16)7-5-11)20(3)15(21)13-8-19-14(17-2)9-18-13/h4-10H,1-3H3,(H,17,19). The zero-order valence-electron chi connectivity index (χ0n) is 12.2. The lowest BCUT2D eigenvalue weighted by Crippen LogP contribution is -2.30. The van der Waals surface area contributed by atoms with Crippen molar-refractivity contribution in [3.05, 3.63) is 52.9 Å². The summed E-state index contributed by atoms with van der Waals surface area (Å²) in [5.74, 6) is 0.451. The van der Waals surface area contributed by atoms with E-state index < -0.39 is 0 Å². The second kappa shape index (κ2) is 6.54. The molecule has 0 saturated carbocycles. The lowest BCUT2D eigenvalue weighted by atomic mass is 10.1. The van der Waals surface area contributed by atoms with Gasteiger partial charge < -0.3 is 10.2 Å². The van der Waals surface area contributed by atoms with Crippen molar-refractivity contribution in [1.29, 1.82) is 0 Å². The molecule has 2 aromatic rings.